The number of nitrogens with one attached hydrogen (secondary N) is 2. The lowest BCUT2D eigenvalue weighted by molar-refractivity contribution is 0.0600. The second kappa shape index (κ2) is 7.63. The molecular formula is C13H18N2O5S. The summed E-state index contributed by atoms with van der Waals surface area (Å²) in [5, 5.41) is 2.44. The fraction of sp³-hybridized carbons (Fsp3) is 0.385. The van der Waals surface area contributed by atoms with Gasteiger partial charge in [-0.05, 0) is 24.6 Å². The Bertz CT molecular complexity index is 613. The molecule has 0 radical (unpaired) electrons. The molecule has 2 amide bonds. The molecule has 0 heterocycles. The van der Waals surface area contributed by atoms with Crippen LogP contribution in [0.3, 0.4) is 0 Å². The van der Waals surface area contributed by atoms with E-state index in [9.17, 15) is 18.0 Å². The topological polar surface area (TPSA) is 102 Å². The molecule has 21 heavy (non-hydrogen) atoms. The molecular weight excluding hydrogens is 296 g/mol. The second-order valence-corrected chi connectivity index (χ2v) is 5.92. The maximum absolute atomic E-state index is 12.0. The van der Waals surface area contributed by atoms with Crippen molar-refractivity contribution in [3.05, 3.63) is 29.8 Å². The zero-order chi connectivity index (χ0) is 15.9. The number of amides is 2. The first-order chi connectivity index (χ1) is 9.90. The van der Waals surface area contributed by atoms with Crippen LogP contribution in [-0.2, 0) is 14.8 Å². The quantitative estimate of drug-likeness (QED) is 0.608. The third-order valence-electron chi connectivity index (χ3n) is 2.61. The molecule has 0 atom stereocenters. The van der Waals surface area contributed by atoms with Crippen LogP contribution in [0.5, 0.6) is 0 Å². The minimum atomic E-state index is -4.03. The fourth-order valence-electron chi connectivity index (χ4n) is 1.50. The third kappa shape index (κ3) is 5.07. The number of ether oxygens (including phenoxy) is 1. The molecule has 116 valence electrons. The number of carbonyl (C=O) groups excluding carboxylic acids is 2. The van der Waals surface area contributed by atoms with Crippen molar-refractivity contribution in [1.29, 1.82) is 0 Å². The van der Waals surface area contributed by atoms with Gasteiger partial charge in [-0.1, -0.05) is 19.4 Å². The van der Waals surface area contributed by atoms with Gasteiger partial charge in [0.05, 0.1) is 17.6 Å². The highest BCUT2D eigenvalue weighted by atomic mass is 32.2. The van der Waals surface area contributed by atoms with Crippen LogP contribution in [0.15, 0.2) is 29.2 Å². The van der Waals surface area contributed by atoms with Crippen LogP contribution in [0, 0.1) is 0 Å². The predicted octanol–water partition coefficient (Wildman–Crippen LogP) is 1.26. The molecule has 0 aliphatic carbocycles. The molecule has 8 heteroatoms. The molecule has 0 aliphatic heterocycles. The van der Waals surface area contributed by atoms with Gasteiger partial charge < -0.3 is 10.1 Å². The van der Waals surface area contributed by atoms with E-state index in [0.29, 0.717) is 6.54 Å². The summed E-state index contributed by atoms with van der Waals surface area (Å²) in [5.41, 5.74) is 0.0896. The van der Waals surface area contributed by atoms with E-state index in [0.717, 1.165) is 18.9 Å². The first-order valence-corrected chi connectivity index (χ1v) is 7.88. The van der Waals surface area contributed by atoms with E-state index in [2.05, 4.69) is 10.1 Å². The first kappa shape index (κ1) is 17.0. The van der Waals surface area contributed by atoms with Crippen LogP contribution in [0.2, 0.25) is 0 Å². The van der Waals surface area contributed by atoms with Gasteiger partial charge in [-0.25, -0.2) is 22.7 Å². The molecule has 0 spiro atoms. The van der Waals surface area contributed by atoms with Crippen molar-refractivity contribution in [3.63, 3.8) is 0 Å². The van der Waals surface area contributed by atoms with Gasteiger partial charge in [0.2, 0.25) is 0 Å². The molecule has 1 aromatic rings. The summed E-state index contributed by atoms with van der Waals surface area (Å²) in [6, 6.07) is 4.45. The van der Waals surface area contributed by atoms with Crippen LogP contribution in [-0.4, -0.2) is 34.1 Å². The maximum atomic E-state index is 12.0. The standard InChI is InChI=1S/C13H18N2O5S/c1-3-4-8-14-13(17)15-21(18,19)11-7-5-6-10(9-11)12(16)20-2/h5-7,9H,3-4,8H2,1-2H3,(H2,14,15,17). The van der Waals surface area contributed by atoms with E-state index in [1.54, 1.807) is 0 Å². The highest BCUT2D eigenvalue weighted by Gasteiger charge is 2.19. The van der Waals surface area contributed by atoms with Gasteiger partial charge >= 0.3 is 12.0 Å². The van der Waals surface area contributed by atoms with Crippen molar-refractivity contribution >= 4 is 22.0 Å². The molecule has 1 rings (SSSR count). The molecule has 0 saturated heterocycles. The van der Waals surface area contributed by atoms with Crippen LogP contribution >= 0.6 is 0 Å². The summed E-state index contributed by atoms with van der Waals surface area (Å²) in [4.78, 5) is 22.7. The van der Waals surface area contributed by atoms with E-state index in [1.807, 2.05) is 11.6 Å². The second-order valence-electron chi connectivity index (χ2n) is 4.23. The summed E-state index contributed by atoms with van der Waals surface area (Å²) >= 11 is 0. The summed E-state index contributed by atoms with van der Waals surface area (Å²) in [6.45, 7) is 2.34. The molecule has 0 bridgehead atoms. The molecule has 1 aromatic carbocycles. The summed E-state index contributed by atoms with van der Waals surface area (Å²) < 4.78 is 30.4. The number of esters is 1. The monoisotopic (exact) mass is 314 g/mol. The Morgan fingerprint density at radius 2 is 2.00 bits per heavy atom. The third-order valence-corrected chi connectivity index (χ3v) is 3.94. The number of hydrogen-bond acceptors (Lipinski definition) is 5. The Hall–Kier alpha value is -2.09. The van der Waals surface area contributed by atoms with Crippen LogP contribution in [0.25, 0.3) is 0 Å². The summed E-state index contributed by atoms with van der Waals surface area (Å²) in [6.07, 6.45) is 1.64. The zero-order valence-electron chi connectivity index (χ0n) is 11.9. The van der Waals surface area contributed by atoms with E-state index < -0.39 is 22.0 Å². The Kier molecular flexibility index (Phi) is 6.16. The van der Waals surface area contributed by atoms with Crippen LogP contribution in [0.4, 0.5) is 4.79 Å². The lowest BCUT2D eigenvalue weighted by Crippen LogP contribution is -2.39. The van der Waals surface area contributed by atoms with Crippen molar-refractivity contribution in [2.45, 2.75) is 24.7 Å². The Morgan fingerprint density at radius 3 is 2.62 bits per heavy atom. The van der Waals surface area contributed by atoms with Crippen LogP contribution in [0.1, 0.15) is 30.1 Å². The van der Waals surface area contributed by atoms with Gasteiger partial charge in [0, 0.05) is 6.54 Å². The Balaban J connectivity index is 2.83. The number of unbranched alkanes of at least 4 members (excludes halogenated alkanes) is 1. The highest BCUT2D eigenvalue weighted by Crippen LogP contribution is 2.12. The number of benzene rings is 1. The number of sulfonamides is 1. The average molecular weight is 314 g/mol. The summed E-state index contributed by atoms with van der Waals surface area (Å²) in [5.74, 6) is -0.653. The smallest absolute Gasteiger partial charge is 0.337 e. The lowest BCUT2D eigenvalue weighted by atomic mass is 10.2. The SMILES string of the molecule is CCCCNC(=O)NS(=O)(=O)c1cccc(C(=O)OC)c1. The fourth-order valence-corrected chi connectivity index (χ4v) is 2.48. The minimum absolute atomic E-state index is 0.0896. The predicted molar refractivity (Wildman–Crippen MR) is 76.4 cm³/mol. The number of methoxy groups -OCH3 is 1. The molecule has 0 saturated carbocycles. The molecule has 7 nitrogen and oxygen atoms in total. The van der Waals surface area contributed by atoms with Gasteiger partial charge in [0.15, 0.2) is 0 Å². The molecule has 0 aliphatic rings. The van der Waals surface area contributed by atoms with E-state index in [-0.39, 0.29) is 10.5 Å². The average Bonchev–Trinajstić information content (AvgIpc) is 2.46. The number of hydrogen-bond donors (Lipinski definition) is 2. The van der Waals surface area contributed by atoms with E-state index in [1.165, 1.54) is 25.3 Å². The van der Waals surface area contributed by atoms with Crippen molar-refractivity contribution in [2.75, 3.05) is 13.7 Å². The molecule has 0 fully saturated rings. The van der Waals surface area contributed by atoms with E-state index in [4.69, 9.17) is 0 Å². The largest absolute Gasteiger partial charge is 0.465 e. The van der Waals surface area contributed by atoms with E-state index >= 15 is 0 Å². The molecule has 2 N–H and O–H groups in total. The van der Waals surface area contributed by atoms with Crippen molar-refractivity contribution in [2.24, 2.45) is 0 Å². The Morgan fingerprint density at radius 1 is 1.29 bits per heavy atom. The summed E-state index contributed by atoms with van der Waals surface area (Å²) in [7, 11) is -2.83. The number of rotatable bonds is 6. The molecule has 0 unspecified atom stereocenters. The lowest BCUT2D eigenvalue weighted by Gasteiger charge is -2.09. The van der Waals surface area contributed by atoms with Crippen molar-refractivity contribution in [3.8, 4) is 0 Å². The van der Waals surface area contributed by atoms with Crippen LogP contribution < -0.4 is 10.0 Å². The normalized spacial score (nSPS) is 10.8. The van der Waals surface area contributed by atoms with Gasteiger partial charge in [0.25, 0.3) is 10.0 Å². The van der Waals surface area contributed by atoms with Gasteiger partial charge in [-0.2, -0.15) is 0 Å². The number of carbonyl (C=O) groups is 2. The van der Waals surface area contributed by atoms with Gasteiger partial charge in [-0.15, -0.1) is 0 Å². The first-order valence-electron chi connectivity index (χ1n) is 6.39. The highest BCUT2D eigenvalue weighted by molar-refractivity contribution is 7.90. The van der Waals surface area contributed by atoms with Gasteiger partial charge in [0.1, 0.15) is 0 Å². The zero-order valence-corrected chi connectivity index (χ0v) is 12.7. The van der Waals surface area contributed by atoms with Gasteiger partial charge in [-0.3, -0.25) is 0 Å². The number of urea groups is 1. The molecule has 0 aromatic heterocycles. The van der Waals surface area contributed by atoms with Crippen molar-refractivity contribution in [1.82, 2.24) is 10.0 Å². The Labute approximate surface area is 123 Å². The van der Waals surface area contributed by atoms with Crippen molar-refractivity contribution < 1.29 is 22.7 Å². The minimum Gasteiger partial charge on any atom is -0.465 e. The maximum Gasteiger partial charge on any atom is 0.337 e.